The van der Waals surface area contributed by atoms with Crippen LogP contribution in [-0.2, 0) is 11.3 Å². The molecule has 0 saturated carbocycles. The monoisotopic (exact) mass is 485 g/mol. The minimum Gasteiger partial charge on any atom is -0.452 e. The average Bonchev–Trinajstić information content (AvgIpc) is 3.18. The Morgan fingerprint density at radius 2 is 1.64 bits per heavy atom. The third-order valence-electron chi connectivity index (χ3n) is 6.39. The molecule has 0 fully saturated rings. The van der Waals surface area contributed by atoms with E-state index in [1.165, 1.54) is 4.68 Å². The summed E-state index contributed by atoms with van der Waals surface area (Å²) in [7, 11) is 0. The molecule has 7 nitrogen and oxygen atoms in total. The summed E-state index contributed by atoms with van der Waals surface area (Å²) < 4.78 is 8.76. The maximum Gasteiger partial charge on any atom is 0.359 e. The predicted molar refractivity (Wildman–Crippen MR) is 140 cm³/mol. The zero-order valence-electron chi connectivity index (χ0n) is 21.2. The molecule has 0 atom stereocenters. The molecular weight excluding hydrogens is 454 g/mol. The Morgan fingerprint density at radius 1 is 0.944 bits per heavy atom. The van der Waals surface area contributed by atoms with Crippen molar-refractivity contribution < 1.29 is 14.3 Å². The van der Waals surface area contributed by atoms with Gasteiger partial charge in [0.25, 0.3) is 5.56 Å². The minimum atomic E-state index is -0.726. The van der Waals surface area contributed by atoms with Gasteiger partial charge in [-0.3, -0.25) is 9.59 Å². The number of nitrogens with zero attached hydrogens (tertiary/aromatic N) is 3. The highest BCUT2D eigenvalue weighted by molar-refractivity contribution is 6.04. The summed E-state index contributed by atoms with van der Waals surface area (Å²) in [5, 5.41) is 5.15. The lowest BCUT2D eigenvalue weighted by molar-refractivity contribution is 0.0468. The largest absolute Gasteiger partial charge is 0.452 e. The first-order chi connectivity index (χ1) is 17.3. The van der Waals surface area contributed by atoms with Gasteiger partial charge in [-0.2, -0.15) is 5.10 Å². The number of ketones is 1. The lowest BCUT2D eigenvalue weighted by Crippen LogP contribution is -2.27. The van der Waals surface area contributed by atoms with Crippen molar-refractivity contribution in [1.82, 2.24) is 14.3 Å². The Kier molecular flexibility index (Phi) is 7.48. The highest BCUT2D eigenvalue weighted by Gasteiger charge is 2.22. The molecule has 0 N–H and O–H groups in total. The fourth-order valence-electron chi connectivity index (χ4n) is 4.46. The molecule has 0 saturated heterocycles. The van der Waals surface area contributed by atoms with Crippen LogP contribution in [0.15, 0.2) is 59.4 Å². The number of hydrogen-bond donors (Lipinski definition) is 0. The van der Waals surface area contributed by atoms with E-state index in [-0.39, 0.29) is 17.0 Å². The van der Waals surface area contributed by atoms with Gasteiger partial charge < -0.3 is 9.30 Å². The highest BCUT2D eigenvalue weighted by Crippen LogP contribution is 2.22. The Labute approximate surface area is 210 Å². The van der Waals surface area contributed by atoms with E-state index in [4.69, 9.17) is 4.74 Å². The van der Waals surface area contributed by atoms with Gasteiger partial charge in [-0.25, -0.2) is 9.48 Å². The second-order valence-electron chi connectivity index (χ2n) is 9.08. The first-order valence-electron chi connectivity index (χ1n) is 12.3. The molecule has 2 aromatic carbocycles. The van der Waals surface area contributed by atoms with Gasteiger partial charge in [0.1, 0.15) is 0 Å². The lowest BCUT2D eigenvalue weighted by Gasteiger charge is -2.11. The van der Waals surface area contributed by atoms with Crippen molar-refractivity contribution in [3.8, 4) is 5.69 Å². The SMILES string of the molecule is CCCCCn1nc(C(=O)OCC(=O)c2cc(C)n(-c3ccc(C)cc3)c2C)c2ccccc2c1=O. The second-order valence-corrected chi connectivity index (χ2v) is 9.08. The van der Waals surface area contributed by atoms with Crippen LogP contribution >= 0.6 is 0 Å². The lowest BCUT2D eigenvalue weighted by atomic mass is 10.1. The first-order valence-corrected chi connectivity index (χ1v) is 12.3. The molecule has 0 aliphatic rings. The van der Waals surface area contributed by atoms with E-state index < -0.39 is 12.6 Å². The van der Waals surface area contributed by atoms with E-state index in [9.17, 15) is 14.4 Å². The Balaban J connectivity index is 1.57. The number of carbonyl (C=O) groups excluding carboxylic acids is 2. The standard InChI is InChI=1S/C29H31N3O4/c1-5-6-9-16-31-28(34)24-11-8-7-10-23(24)27(30-31)29(35)36-18-26(33)25-17-20(3)32(21(25)4)22-14-12-19(2)13-15-22/h7-8,10-15,17H,5-6,9,16,18H2,1-4H3. The van der Waals surface area contributed by atoms with Crippen LogP contribution < -0.4 is 5.56 Å². The summed E-state index contributed by atoms with van der Waals surface area (Å²) in [6, 6.07) is 16.7. The molecule has 0 unspecified atom stereocenters. The summed E-state index contributed by atoms with van der Waals surface area (Å²) in [5.41, 5.74) is 4.12. The summed E-state index contributed by atoms with van der Waals surface area (Å²) >= 11 is 0. The average molecular weight is 486 g/mol. The zero-order chi connectivity index (χ0) is 25.8. The summed E-state index contributed by atoms with van der Waals surface area (Å²) in [6.07, 6.45) is 2.74. The zero-order valence-corrected chi connectivity index (χ0v) is 21.2. The third-order valence-corrected chi connectivity index (χ3v) is 6.39. The van der Waals surface area contributed by atoms with Crippen LogP contribution in [0, 0.1) is 20.8 Å². The van der Waals surface area contributed by atoms with Crippen LogP contribution in [0.4, 0.5) is 0 Å². The van der Waals surface area contributed by atoms with Crippen LogP contribution in [0.2, 0.25) is 0 Å². The van der Waals surface area contributed by atoms with Crippen LogP contribution in [0.3, 0.4) is 0 Å². The number of benzene rings is 2. The summed E-state index contributed by atoms with van der Waals surface area (Å²) in [6.45, 7) is 7.92. The van der Waals surface area contributed by atoms with Crippen LogP contribution in [0.5, 0.6) is 0 Å². The van der Waals surface area contributed by atoms with Crippen LogP contribution in [0.1, 0.15) is 64.0 Å². The Morgan fingerprint density at radius 3 is 2.33 bits per heavy atom. The second kappa shape index (κ2) is 10.7. The van der Waals surface area contributed by atoms with Crippen molar-refractivity contribution in [3.05, 3.63) is 93.2 Å². The summed E-state index contributed by atoms with van der Waals surface area (Å²) in [4.78, 5) is 38.9. The fourth-order valence-corrected chi connectivity index (χ4v) is 4.46. The third kappa shape index (κ3) is 5.00. The van der Waals surface area contributed by atoms with Gasteiger partial charge in [0.15, 0.2) is 12.3 Å². The normalized spacial score (nSPS) is 11.1. The van der Waals surface area contributed by atoms with Crippen molar-refractivity contribution in [2.24, 2.45) is 0 Å². The maximum atomic E-state index is 13.0. The molecule has 0 radical (unpaired) electrons. The number of fused-ring (bicyclic) bond motifs is 1. The highest BCUT2D eigenvalue weighted by atomic mass is 16.5. The van der Waals surface area contributed by atoms with E-state index >= 15 is 0 Å². The van der Waals surface area contributed by atoms with Gasteiger partial charge in [-0.05, 0) is 51.5 Å². The van der Waals surface area contributed by atoms with Crippen molar-refractivity contribution in [3.63, 3.8) is 0 Å². The maximum absolute atomic E-state index is 13.0. The first kappa shape index (κ1) is 25.1. The van der Waals surface area contributed by atoms with Crippen LogP contribution in [0.25, 0.3) is 16.5 Å². The number of esters is 1. The molecule has 4 aromatic rings. The van der Waals surface area contributed by atoms with Crippen molar-refractivity contribution >= 4 is 22.5 Å². The number of ether oxygens (including phenoxy) is 1. The molecule has 2 aromatic heterocycles. The quantitative estimate of drug-likeness (QED) is 0.181. The molecular formula is C29H31N3O4. The van der Waals surface area contributed by atoms with E-state index in [0.29, 0.717) is 22.9 Å². The fraction of sp³-hybridized carbons (Fsp3) is 0.310. The molecule has 0 spiro atoms. The number of aryl methyl sites for hydroxylation is 3. The molecule has 0 aliphatic carbocycles. The van der Waals surface area contributed by atoms with Gasteiger partial charge in [0, 0.05) is 34.6 Å². The van der Waals surface area contributed by atoms with Crippen molar-refractivity contribution in [2.45, 2.75) is 53.5 Å². The molecule has 7 heteroatoms. The number of aromatic nitrogens is 3. The van der Waals surface area contributed by atoms with Gasteiger partial charge in [0.2, 0.25) is 5.78 Å². The van der Waals surface area contributed by atoms with Gasteiger partial charge in [-0.15, -0.1) is 0 Å². The molecule has 0 aliphatic heterocycles. The topological polar surface area (TPSA) is 83.2 Å². The van der Waals surface area contributed by atoms with E-state index in [0.717, 1.165) is 41.9 Å². The minimum absolute atomic E-state index is 0.0413. The smallest absolute Gasteiger partial charge is 0.359 e. The summed E-state index contributed by atoms with van der Waals surface area (Å²) in [5.74, 6) is -1.02. The molecule has 186 valence electrons. The van der Waals surface area contributed by atoms with E-state index in [1.54, 1.807) is 24.3 Å². The van der Waals surface area contributed by atoms with E-state index in [1.807, 2.05) is 55.7 Å². The Bertz CT molecular complexity index is 1480. The van der Waals surface area contributed by atoms with Gasteiger partial charge in [0.05, 0.1) is 5.39 Å². The van der Waals surface area contributed by atoms with Gasteiger partial charge in [-0.1, -0.05) is 55.7 Å². The van der Waals surface area contributed by atoms with Crippen molar-refractivity contribution in [1.29, 1.82) is 0 Å². The Hall–Kier alpha value is -4.00. The number of rotatable bonds is 9. The molecule has 0 bridgehead atoms. The molecule has 36 heavy (non-hydrogen) atoms. The number of Topliss-reactive ketones (excluding diaryl/α,β-unsaturated/α-hetero) is 1. The predicted octanol–water partition coefficient (Wildman–Crippen LogP) is 5.34. The van der Waals surface area contributed by atoms with Gasteiger partial charge >= 0.3 is 5.97 Å². The number of unbranched alkanes of at least 4 members (excludes halogenated alkanes) is 2. The number of carbonyl (C=O) groups is 2. The molecule has 2 heterocycles. The van der Waals surface area contributed by atoms with Crippen molar-refractivity contribution in [2.75, 3.05) is 6.61 Å². The van der Waals surface area contributed by atoms with Crippen LogP contribution in [-0.4, -0.2) is 32.7 Å². The van der Waals surface area contributed by atoms with E-state index in [2.05, 4.69) is 12.0 Å². The number of hydrogen-bond acceptors (Lipinski definition) is 5. The molecule has 0 amide bonds. The molecule has 4 rings (SSSR count).